The Kier molecular flexibility index (Phi) is 5.02. The van der Waals surface area contributed by atoms with Crippen LogP contribution in [-0.4, -0.2) is 15.3 Å². The van der Waals surface area contributed by atoms with Gasteiger partial charge in [0.1, 0.15) is 0 Å². The number of benzene rings is 2. The Bertz CT molecular complexity index is 629. The molecule has 0 amide bonds. The Morgan fingerprint density at radius 1 is 0.857 bits per heavy atom. The normalized spacial score (nSPS) is 11.6. The van der Waals surface area contributed by atoms with Crippen LogP contribution in [0.1, 0.15) is 56.2 Å². The van der Waals surface area contributed by atoms with Crippen LogP contribution in [0.25, 0.3) is 11.1 Å². The van der Waals surface area contributed by atoms with Crippen molar-refractivity contribution in [2.45, 2.75) is 46.1 Å². The molecule has 0 aliphatic heterocycles. The van der Waals surface area contributed by atoms with Crippen LogP contribution in [0.4, 0.5) is 0 Å². The molecule has 112 valence electrons. The monoisotopic (exact) mass is 298 g/mol. The van der Waals surface area contributed by atoms with Gasteiger partial charge in [0.25, 0.3) is 0 Å². The fraction of sp³-hybridized carbons (Fsp3) is 0.368. The summed E-state index contributed by atoms with van der Waals surface area (Å²) in [5.74, 6) is 1.02. The number of aliphatic hydroxyl groups excluding tert-OH is 1. The molecule has 2 aromatic rings. The summed E-state index contributed by atoms with van der Waals surface area (Å²) < 4.78 is 0. The first-order valence-corrected chi connectivity index (χ1v) is 8.79. The Morgan fingerprint density at radius 3 is 2.05 bits per heavy atom. The van der Waals surface area contributed by atoms with Crippen LogP contribution in [0.15, 0.2) is 36.4 Å². The molecule has 0 unspecified atom stereocenters. The van der Waals surface area contributed by atoms with Gasteiger partial charge in [0.2, 0.25) is 0 Å². The second-order valence-electron chi connectivity index (χ2n) is 6.38. The average molecular weight is 299 g/mol. The third-order valence-electron chi connectivity index (χ3n) is 4.14. The van der Waals surface area contributed by atoms with Crippen molar-refractivity contribution in [2.24, 2.45) is 0 Å². The zero-order chi connectivity index (χ0) is 15.6. The third kappa shape index (κ3) is 3.12. The fourth-order valence-electron chi connectivity index (χ4n) is 3.29. The highest BCUT2D eigenvalue weighted by molar-refractivity contribution is 6.33. The minimum absolute atomic E-state index is 0.0906. The number of hydrogen-bond acceptors (Lipinski definition) is 1. The van der Waals surface area contributed by atoms with E-state index in [9.17, 15) is 5.11 Å². The maximum absolute atomic E-state index is 9.65. The van der Waals surface area contributed by atoms with Crippen molar-refractivity contribution in [3.63, 3.8) is 0 Å². The van der Waals surface area contributed by atoms with Gasteiger partial charge in [-0.05, 0) is 39.7 Å². The zero-order valence-corrected chi connectivity index (χ0v) is 15.8. The highest BCUT2D eigenvalue weighted by Crippen LogP contribution is 2.35. The van der Waals surface area contributed by atoms with E-state index in [0.717, 1.165) is 15.8 Å². The van der Waals surface area contributed by atoms with Gasteiger partial charge in [0.15, 0.2) is 0 Å². The highest BCUT2D eigenvalue weighted by Gasteiger charge is 2.18. The molecular weight excluding hydrogens is 272 g/mol. The first-order valence-electron chi connectivity index (χ1n) is 7.79. The summed E-state index contributed by atoms with van der Waals surface area (Å²) in [5, 5.41) is 11.1. The molecule has 0 radical (unpaired) electrons. The highest BCUT2D eigenvalue weighted by atomic mass is 28.1. The molecule has 0 aliphatic carbocycles. The second kappa shape index (κ2) is 6.59. The van der Waals surface area contributed by atoms with Crippen LogP contribution >= 0.6 is 0 Å². The molecule has 1 N–H and O–H groups in total. The van der Waals surface area contributed by atoms with Crippen molar-refractivity contribution in [2.75, 3.05) is 0 Å². The minimum Gasteiger partial charge on any atom is -0.392 e. The predicted octanol–water partition coefficient (Wildman–Crippen LogP) is 3.08. The summed E-state index contributed by atoms with van der Waals surface area (Å²) in [6.45, 7) is 9.20. The summed E-state index contributed by atoms with van der Waals surface area (Å²) in [6, 6.07) is 12.7. The van der Waals surface area contributed by atoms with Crippen molar-refractivity contribution < 1.29 is 5.11 Å². The summed E-state index contributed by atoms with van der Waals surface area (Å²) in [6.07, 6.45) is 0. The van der Waals surface area contributed by atoms with E-state index in [0.29, 0.717) is 11.8 Å². The van der Waals surface area contributed by atoms with Gasteiger partial charge in [-0.2, -0.15) is 0 Å². The molecule has 1 nitrogen and oxygen atoms in total. The lowest BCUT2D eigenvalue weighted by Crippen LogP contribution is -2.17. The van der Waals surface area contributed by atoms with E-state index in [1.54, 1.807) is 0 Å². The smallest absolute Gasteiger partial charge is 0.0687 e. The van der Waals surface area contributed by atoms with E-state index in [4.69, 9.17) is 0 Å². The van der Waals surface area contributed by atoms with E-state index in [1.165, 1.54) is 27.4 Å². The summed E-state index contributed by atoms with van der Waals surface area (Å²) in [5.41, 5.74) is 6.45. The molecule has 0 heterocycles. The van der Waals surface area contributed by atoms with E-state index >= 15 is 0 Å². The van der Waals surface area contributed by atoms with Crippen LogP contribution in [0.5, 0.6) is 0 Å². The molecule has 21 heavy (non-hydrogen) atoms. The van der Waals surface area contributed by atoms with Crippen LogP contribution in [-0.2, 0) is 6.61 Å². The topological polar surface area (TPSA) is 20.2 Å². The van der Waals surface area contributed by atoms with Gasteiger partial charge in [0, 0.05) is 10.2 Å². The molecule has 2 heteroatoms. The zero-order valence-electron chi connectivity index (χ0n) is 13.8. The SMILES string of the molecule is CC(C)c1c([SiH3])ccc(-c2ccccc2CO)c1C(C)C. The molecule has 2 aromatic carbocycles. The van der Waals surface area contributed by atoms with Crippen LogP contribution in [0.3, 0.4) is 0 Å². The number of aliphatic hydroxyl groups is 1. The minimum atomic E-state index is 0.0906. The van der Waals surface area contributed by atoms with Gasteiger partial charge < -0.3 is 5.11 Å². The van der Waals surface area contributed by atoms with E-state index in [-0.39, 0.29) is 6.61 Å². The van der Waals surface area contributed by atoms with E-state index in [2.05, 4.69) is 52.0 Å². The lowest BCUT2D eigenvalue weighted by molar-refractivity contribution is 0.282. The Balaban J connectivity index is 2.78. The molecule has 0 bridgehead atoms. The fourth-order valence-corrected chi connectivity index (χ4v) is 4.30. The molecule has 0 saturated carbocycles. The van der Waals surface area contributed by atoms with E-state index in [1.807, 2.05) is 12.1 Å². The molecule has 0 spiro atoms. The standard InChI is InChI=1S/C19H26OSi/c1-12(2)18-16(9-10-17(21)19(18)13(3)4)15-8-6-5-7-14(15)11-20/h5-10,12-13,20H,11H2,1-4,21H3. The van der Waals surface area contributed by atoms with Crippen molar-refractivity contribution in [1.29, 1.82) is 0 Å². The van der Waals surface area contributed by atoms with E-state index < -0.39 is 0 Å². The first-order chi connectivity index (χ1) is 9.97. The molecule has 0 saturated heterocycles. The van der Waals surface area contributed by atoms with Gasteiger partial charge in [-0.3, -0.25) is 0 Å². The Hall–Kier alpha value is -1.38. The van der Waals surface area contributed by atoms with Crippen LogP contribution in [0, 0.1) is 0 Å². The second-order valence-corrected chi connectivity index (χ2v) is 7.46. The third-order valence-corrected chi connectivity index (χ3v) is 5.01. The molecular formula is C19H26OSi. The number of hydrogen-bond donors (Lipinski definition) is 1. The Labute approximate surface area is 131 Å². The summed E-state index contributed by atoms with van der Waals surface area (Å²) in [4.78, 5) is 0. The molecule has 0 aliphatic rings. The largest absolute Gasteiger partial charge is 0.392 e. The average Bonchev–Trinajstić information content (AvgIpc) is 2.46. The molecule has 0 aromatic heterocycles. The predicted molar refractivity (Wildman–Crippen MR) is 95.6 cm³/mol. The van der Waals surface area contributed by atoms with Crippen molar-refractivity contribution in [3.8, 4) is 11.1 Å². The van der Waals surface area contributed by atoms with Crippen molar-refractivity contribution in [1.82, 2.24) is 0 Å². The van der Waals surface area contributed by atoms with Crippen LogP contribution in [0.2, 0.25) is 0 Å². The van der Waals surface area contributed by atoms with Gasteiger partial charge in [-0.15, -0.1) is 0 Å². The van der Waals surface area contributed by atoms with Gasteiger partial charge in [-0.1, -0.05) is 69.3 Å². The molecule has 2 rings (SSSR count). The first kappa shape index (κ1) is 16.0. The lowest BCUT2D eigenvalue weighted by Gasteiger charge is -2.24. The molecule has 0 fully saturated rings. The lowest BCUT2D eigenvalue weighted by atomic mass is 9.83. The number of rotatable bonds is 4. The summed E-state index contributed by atoms with van der Waals surface area (Å²) >= 11 is 0. The quantitative estimate of drug-likeness (QED) is 0.860. The Morgan fingerprint density at radius 2 is 1.48 bits per heavy atom. The molecule has 0 atom stereocenters. The maximum atomic E-state index is 9.65. The van der Waals surface area contributed by atoms with Crippen molar-refractivity contribution in [3.05, 3.63) is 53.1 Å². The van der Waals surface area contributed by atoms with Gasteiger partial charge in [-0.25, -0.2) is 0 Å². The van der Waals surface area contributed by atoms with Crippen molar-refractivity contribution >= 4 is 15.4 Å². The maximum Gasteiger partial charge on any atom is 0.0687 e. The van der Waals surface area contributed by atoms with Crippen LogP contribution < -0.4 is 5.19 Å². The van der Waals surface area contributed by atoms with Gasteiger partial charge in [0.05, 0.1) is 6.61 Å². The van der Waals surface area contributed by atoms with Gasteiger partial charge >= 0.3 is 0 Å². The summed E-state index contributed by atoms with van der Waals surface area (Å²) in [7, 11) is 1.08.